The van der Waals surface area contributed by atoms with Crippen LogP contribution in [-0.4, -0.2) is 32.3 Å². The molecule has 0 aliphatic carbocycles. The molecule has 0 aromatic heterocycles. The number of halogens is 3. The first-order valence-corrected chi connectivity index (χ1v) is 9.92. The topological polar surface area (TPSA) is 66.5 Å². The first-order chi connectivity index (χ1) is 12.9. The molecule has 0 bridgehead atoms. The number of carbonyl (C=O) groups excluding carboxylic acids is 1. The molecule has 0 fully saturated rings. The van der Waals surface area contributed by atoms with Crippen LogP contribution < -0.4 is 4.72 Å². The largest absolute Gasteiger partial charge is 0.416 e. The molecule has 0 saturated heterocycles. The summed E-state index contributed by atoms with van der Waals surface area (Å²) >= 11 is 0. The fourth-order valence-electron chi connectivity index (χ4n) is 2.52. The van der Waals surface area contributed by atoms with Crippen LogP contribution >= 0.6 is 0 Å². The first kappa shape index (κ1) is 21.9. The highest BCUT2D eigenvalue weighted by atomic mass is 32.2. The van der Waals surface area contributed by atoms with Crippen molar-refractivity contribution >= 4 is 15.9 Å². The molecule has 0 atom stereocenters. The summed E-state index contributed by atoms with van der Waals surface area (Å²) in [6.45, 7) is 3.52. The molecule has 0 aliphatic rings. The molecule has 2 aromatic carbocycles. The average Bonchev–Trinajstić information content (AvgIpc) is 2.60. The van der Waals surface area contributed by atoms with Gasteiger partial charge in [-0.3, -0.25) is 4.79 Å². The number of nitrogens with zero attached hydrogens (tertiary/aromatic N) is 1. The van der Waals surface area contributed by atoms with Gasteiger partial charge in [-0.1, -0.05) is 12.1 Å². The molecule has 2 aromatic rings. The number of carbonyl (C=O) groups is 1. The quantitative estimate of drug-likeness (QED) is 0.785. The fraction of sp³-hybridized carbons (Fsp3) is 0.316. The summed E-state index contributed by atoms with van der Waals surface area (Å²) in [4.78, 5) is 13.9. The maximum Gasteiger partial charge on any atom is 0.416 e. The van der Waals surface area contributed by atoms with Gasteiger partial charge in [0.1, 0.15) is 0 Å². The molecule has 1 N–H and O–H groups in total. The molecule has 0 radical (unpaired) electrons. The van der Waals surface area contributed by atoms with E-state index in [4.69, 9.17) is 0 Å². The van der Waals surface area contributed by atoms with E-state index >= 15 is 0 Å². The fourth-order valence-corrected chi connectivity index (χ4v) is 3.77. The van der Waals surface area contributed by atoms with Crippen molar-refractivity contribution in [1.82, 2.24) is 9.62 Å². The van der Waals surface area contributed by atoms with Crippen LogP contribution in [0.4, 0.5) is 13.2 Å². The van der Waals surface area contributed by atoms with Gasteiger partial charge in [0, 0.05) is 25.2 Å². The van der Waals surface area contributed by atoms with Crippen LogP contribution in [0.2, 0.25) is 0 Å². The van der Waals surface area contributed by atoms with E-state index in [0.717, 1.165) is 12.1 Å². The van der Waals surface area contributed by atoms with E-state index in [9.17, 15) is 26.4 Å². The van der Waals surface area contributed by atoms with E-state index in [1.807, 2.05) is 0 Å². The van der Waals surface area contributed by atoms with Gasteiger partial charge in [0.05, 0.1) is 10.5 Å². The summed E-state index contributed by atoms with van der Waals surface area (Å²) in [5.41, 5.74) is 0.0686. The third-order valence-corrected chi connectivity index (χ3v) is 5.52. The van der Waals surface area contributed by atoms with Gasteiger partial charge >= 0.3 is 6.18 Å². The van der Waals surface area contributed by atoms with Crippen LogP contribution in [0, 0.1) is 0 Å². The third-order valence-electron chi connectivity index (χ3n) is 3.85. The Morgan fingerprint density at radius 3 is 2.04 bits per heavy atom. The van der Waals surface area contributed by atoms with Gasteiger partial charge in [-0.25, -0.2) is 13.1 Å². The zero-order valence-corrected chi connectivity index (χ0v) is 16.4. The Morgan fingerprint density at radius 2 is 1.57 bits per heavy atom. The van der Waals surface area contributed by atoms with Crippen LogP contribution in [0.15, 0.2) is 53.4 Å². The Balaban J connectivity index is 2.09. The molecule has 0 heterocycles. The lowest BCUT2D eigenvalue weighted by atomic mass is 10.1. The van der Waals surface area contributed by atoms with E-state index in [2.05, 4.69) is 4.72 Å². The van der Waals surface area contributed by atoms with Gasteiger partial charge in [-0.2, -0.15) is 13.2 Å². The summed E-state index contributed by atoms with van der Waals surface area (Å²) in [6.07, 6.45) is -4.41. The Kier molecular flexibility index (Phi) is 6.51. The molecule has 5 nitrogen and oxygen atoms in total. The number of hydrogen-bond acceptors (Lipinski definition) is 3. The molecular formula is C19H21F3N2O3S. The van der Waals surface area contributed by atoms with Crippen molar-refractivity contribution in [2.24, 2.45) is 0 Å². The standard InChI is InChI=1S/C19H21F3N2O3S/c1-13(2)23-28(26,27)17-10-6-15(7-11-17)18(25)24(3)12-14-4-8-16(9-5-14)19(20,21)22/h4-11,13,23H,12H2,1-3H3. The van der Waals surface area contributed by atoms with Gasteiger partial charge in [-0.05, 0) is 55.8 Å². The maximum atomic E-state index is 12.6. The minimum atomic E-state index is -4.41. The second kappa shape index (κ2) is 8.32. The summed E-state index contributed by atoms with van der Waals surface area (Å²) in [7, 11) is -2.13. The van der Waals surface area contributed by atoms with Crippen molar-refractivity contribution in [3.05, 3.63) is 65.2 Å². The second-order valence-corrected chi connectivity index (χ2v) is 8.37. The monoisotopic (exact) mass is 414 g/mol. The molecule has 0 spiro atoms. The van der Waals surface area contributed by atoms with Gasteiger partial charge in [0.25, 0.3) is 5.91 Å². The van der Waals surface area contributed by atoms with Crippen LogP contribution in [0.25, 0.3) is 0 Å². The molecule has 0 saturated carbocycles. The molecule has 152 valence electrons. The molecule has 0 unspecified atom stereocenters. The molecular weight excluding hydrogens is 393 g/mol. The summed E-state index contributed by atoms with van der Waals surface area (Å²) < 4.78 is 64.5. The summed E-state index contributed by atoms with van der Waals surface area (Å²) in [5.74, 6) is -0.374. The van der Waals surface area contributed by atoms with E-state index in [1.165, 1.54) is 48.3 Å². The Hall–Kier alpha value is -2.39. The molecule has 0 aliphatic heterocycles. The Bertz CT molecular complexity index is 922. The summed E-state index contributed by atoms with van der Waals surface area (Å²) in [6, 6.07) is 9.79. The maximum absolute atomic E-state index is 12.6. The Morgan fingerprint density at radius 1 is 1.04 bits per heavy atom. The minimum Gasteiger partial charge on any atom is -0.337 e. The van der Waals surface area contributed by atoms with Crippen LogP contribution in [0.3, 0.4) is 0 Å². The zero-order chi connectivity index (χ0) is 21.1. The second-order valence-electron chi connectivity index (χ2n) is 6.66. The van der Waals surface area contributed by atoms with Crippen molar-refractivity contribution < 1.29 is 26.4 Å². The predicted molar refractivity (Wildman–Crippen MR) is 99.1 cm³/mol. The average molecular weight is 414 g/mol. The predicted octanol–water partition coefficient (Wildman–Crippen LogP) is 3.66. The zero-order valence-electron chi connectivity index (χ0n) is 15.6. The number of sulfonamides is 1. The van der Waals surface area contributed by atoms with Crippen molar-refractivity contribution in [3.63, 3.8) is 0 Å². The number of nitrogens with one attached hydrogen (secondary N) is 1. The lowest BCUT2D eigenvalue weighted by Crippen LogP contribution is -2.30. The van der Waals surface area contributed by atoms with E-state index in [0.29, 0.717) is 5.56 Å². The molecule has 28 heavy (non-hydrogen) atoms. The lowest BCUT2D eigenvalue weighted by Gasteiger charge is -2.18. The number of benzene rings is 2. The highest BCUT2D eigenvalue weighted by molar-refractivity contribution is 7.89. The van der Waals surface area contributed by atoms with Crippen molar-refractivity contribution in [1.29, 1.82) is 0 Å². The highest BCUT2D eigenvalue weighted by Gasteiger charge is 2.30. The third kappa shape index (κ3) is 5.56. The van der Waals surface area contributed by atoms with E-state index in [1.54, 1.807) is 13.8 Å². The number of amides is 1. The van der Waals surface area contributed by atoms with Crippen molar-refractivity contribution in [2.75, 3.05) is 7.05 Å². The lowest BCUT2D eigenvalue weighted by molar-refractivity contribution is -0.137. The van der Waals surface area contributed by atoms with Gasteiger partial charge in [0.15, 0.2) is 0 Å². The highest BCUT2D eigenvalue weighted by Crippen LogP contribution is 2.29. The van der Waals surface area contributed by atoms with Crippen LogP contribution in [0.1, 0.15) is 35.3 Å². The minimum absolute atomic E-state index is 0.0446. The normalized spacial score (nSPS) is 12.2. The first-order valence-electron chi connectivity index (χ1n) is 8.44. The number of alkyl halides is 3. The van der Waals surface area contributed by atoms with Crippen LogP contribution in [-0.2, 0) is 22.7 Å². The summed E-state index contributed by atoms with van der Waals surface area (Å²) in [5, 5.41) is 0. The van der Waals surface area contributed by atoms with E-state index < -0.39 is 21.8 Å². The van der Waals surface area contributed by atoms with Crippen LogP contribution in [0.5, 0.6) is 0 Å². The number of rotatable bonds is 6. The van der Waals surface area contributed by atoms with Gasteiger partial charge in [-0.15, -0.1) is 0 Å². The Labute approximate surface area is 162 Å². The van der Waals surface area contributed by atoms with Gasteiger partial charge in [0.2, 0.25) is 10.0 Å². The molecule has 9 heteroatoms. The van der Waals surface area contributed by atoms with Crippen molar-refractivity contribution in [3.8, 4) is 0 Å². The van der Waals surface area contributed by atoms with Crippen molar-refractivity contribution in [2.45, 2.75) is 37.5 Å². The smallest absolute Gasteiger partial charge is 0.337 e. The number of hydrogen-bond donors (Lipinski definition) is 1. The van der Waals surface area contributed by atoms with E-state index in [-0.39, 0.29) is 29.0 Å². The molecule has 2 rings (SSSR count). The molecule has 1 amide bonds. The SMILES string of the molecule is CC(C)NS(=O)(=O)c1ccc(C(=O)N(C)Cc2ccc(C(F)(F)F)cc2)cc1. The van der Waals surface area contributed by atoms with Gasteiger partial charge < -0.3 is 4.90 Å².